The highest BCUT2D eigenvalue weighted by Gasteiger charge is 2.42. The van der Waals surface area contributed by atoms with Gasteiger partial charge in [0, 0.05) is 12.0 Å². The summed E-state index contributed by atoms with van der Waals surface area (Å²) in [6.45, 7) is 3.26. The molecule has 1 nitrogen and oxygen atoms in total. The summed E-state index contributed by atoms with van der Waals surface area (Å²) in [7, 11) is 1.98. The molecule has 2 heteroatoms. The maximum Gasteiger partial charge on any atom is 0.123 e. The molecule has 0 radical (unpaired) electrons. The maximum absolute atomic E-state index is 12.8. The average Bonchev–Trinajstić information content (AvgIpc) is 2.16. The van der Waals surface area contributed by atoms with Gasteiger partial charge in [0.2, 0.25) is 0 Å². The summed E-state index contributed by atoms with van der Waals surface area (Å²) in [6.07, 6.45) is 2.42. The summed E-state index contributed by atoms with van der Waals surface area (Å²) in [5.41, 5.74) is 1.53. The molecule has 0 spiro atoms. The Morgan fingerprint density at radius 1 is 1.33 bits per heavy atom. The van der Waals surface area contributed by atoms with Crippen molar-refractivity contribution in [3.05, 3.63) is 35.6 Å². The summed E-state index contributed by atoms with van der Waals surface area (Å²) >= 11 is 0. The van der Waals surface area contributed by atoms with Crippen molar-refractivity contribution < 1.29 is 4.39 Å². The highest BCUT2D eigenvalue weighted by molar-refractivity contribution is 5.29. The van der Waals surface area contributed by atoms with Crippen molar-refractivity contribution in [2.24, 2.45) is 5.92 Å². The van der Waals surface area contributed by atoms with E-state index in [0.29, 0.717) is 0 Å². The van der Waals surface area contributed by atoms with E-state index in [2.05, 4.69) is 12.2 Å². The van der Waals surface area contributed by atoms with Gasteiger partial charge in [0.25, 0.3) is 0 Å². The first-order chi connectivity index (χ1) is 7.16. The molecule has 0 amide bonds. The van der Waals surface area contributed by atoms with Crippen LogP contribution in [0.1, 0.15) is 25.3 Å². The molecule has 0 saturated heterocycles. The Hall–Kier alpha value is -0.890. The van der Waals surface area contributed by atoms with Gasteiger partial charge in [-0.15, -0.1) is 0 Å². The second-order valence-electron chi connectivity index (χ2n) is 4.83. The van der Waals surface area contributed by atoms with Crippen molar-refractivity contribution in [2.75, 3.05) is 13.6 Å². The molecule has 0 heterocycles. The molecule has 1 aromatic carbocycles. The topological polar surface area (TPSA) is 12.0 Å². The van der Waals surface area contributed by atoms with Crippen LogP contribution in [-0.2, 0) is 5.41 Å². The van der Waals surface area contributed by atoms with Gasteiger partial charge in [-0.25, -0.2) is 4.39 Å². The zero-order valence-corrected chi connectivity index (χ0v) is 9.39. The molecule has 1 aliphatic carbocycles. The highest BCUT2D eigenvalue weighted by Crippen LogP contribution is 2.47. The second-order valence-corrected chi connectivity index (χ2v) is 4.83. The third-order valence-corrected chi connectivity index (χ3v) is 3.45. The fourth-order valence-corrected chi connectivity index (χ4v) is 2.90. The molecule has 0 atom stereocenters. The van der Waals surface area contributed by atoms with Crippen LogP contribution in [0.5, 0.6) is 0 Å². The van der Waals surface area contributed by atoms with Crippen LogP contribution in [0.4, 0.5) is 4.39 Å². The van der Waals surface area contributed by atoms with E-state index in [0.717, 1.165) is 12.5 Å². The predicted octanol–water partition coefficient (Wildman–Crippen LogP) is 2.71. The Labute approximate surface area is 90.7 Å². The molecule has 1 N–H and O–H groups in total. The fraction of sp³-hybridized carbons (Fsp3) is 0.538. The first-order valence-electron chi connectivity index (χ1n) is 5.57. The van der Waals surface area contributed by atoms with Crippen LogP contribution in [0.15, 0.2) is 24.3 Å². The van der Waals surface area contributed by atoms with E-state index in [9.17, 15) is 4.39 Å². The monoisotopic (exact) mass is 207 g/mol. The number of hydrogen-bond donors (Lipinski definition) is 1. The van der Waals surface area contributed by atoms with Crippen LogP contribution in [-0.4, -0.2) is 13.6 Å². The normalized spacial score (nSPS) is 29.9. The summed E-state index contributed by atoms with van der Waals surface area (Å²) in [5, 5.41) is 3.25. The largest absolute Gasteiger partial charge is 0.319 e. The Balaban J connectivity index is 2.22. The lowest BCUT2D eigenvalue weighted by Gasteiger charge is -2.47. The van der Waals surface area contributed by atoms with Crippen molar-refractivity contribution in [1.29, 1.82) is 0 Å². The van der Waals surface area contributed by atoms with E-state index in [1.165, 1.54) is 18.4 Å². The van der Waals surface area contributed by atoms with E-state index in [1.807, 2.05) is 19.2 Å². The molecular formula is C13H18FN. The van der Waals surface area contributed by atoms with E-state index in [1.54, 1.807) is 12.1 Å². The SMILES string of the molecule is CNCC1(c2ccc(F)cc2)CC(C)C1. The minimum atomic E-state index is -0.147. The lowest BCUT2D eigenvalue weighted by Crippen LogP contribution is -2.47. The number of halogens is 1. The molecular weight excluding hydrogens is 189 g/mol. The van der Waals surface area contributed by atoms with Crippen LogP contribution >= 0.6 is 0 Å². The van der Waals surface area contributed by atoms with Gasteiger partial charge in [0.1, 0.15) is 5.82 Å². The lowest BCUT2D eigenvalue weighted by atomic mass is 9.59. The summed E-state index contributed by atoms with van der Waals surface area (Å²) in [6, 6.07) is 6.99. The Kier molecular flexibility index (Phi) is 2.79. The van der Waals surface area contributed by atoms with Gasteiger partial charge in [0.15, 0.2) is 0 Å². The third kappa shape index (κ3) is 1.91. The van der Waals surface area contributed by atoms with Crippen molar-refractivity contribution >= 4 is 0 Å². The van der Waals surface area contributed by atoms with E-state index in [-0.39, 0.29) is 11.2 Å². The molecule has 15 heavy (non-hydrogen) atoms. The quantitative estimate of drug-likeness (QED) is 0.803. The number of likely N-dealkylation sites (N-methyl/N-ethyl adjacent to an activating group) is 1. The van der Waals surface area contributed by atoms with E-state index >= 15 is 0 Å². The number of benzene rings is 1. The molecule has 2 rings (SSSR count). The maximum atomic E-state index is 12.8. The number of nitrogens with one attached hydrogen (secondary N) is 1. The molecule has 1 aliphatic rings. The van der Waals surface area contributed by atoms with Gasteiger partial charge in [-0.2, -0.15) is 0 Å². The first kappa shape index (κ1) is 10.6. The molecule has 0 aliphatic heterocycles. The molecule has 0 unspecified atom stereocenters. The Morgan fingerprint density at radius 2 is 1.93 bits per heavy atom. The number of hydrogen-bond acceptors (Lipinski definition) is 1. The van der Waals surface area contributed by atoms with Gasteiger partial charge in [-0.3, -0.25) is 0 Å². The second kappa shape index (κ2) is 3.93. The summed E-state index contributed by atoms with van der Waals surface area (Å²) in [4.78, 5) is 0. The fourth-order valence-electron chi connectivity index (χ4n) is 2.90. The predicted molar refractivity (Wildman–Crippen MR) is 60.4 cm³/mol. The van der Waals surface area contributed by atoms with Gasteiger partial charge < -0.3 is 5.32 Å². The van der Waals surface area contributed by atoms with Gasteiger partial charge >= 0.3 is 0 Å². The van der Waals surface area contributed by atoms with E-state index in [4.69, 9.17) is 0 Å². The Morgan fingerprint density at radius 3 is 2.40 bits per heavy atom. The molecule has 0 bridgehead atoms. The van der Waals surface area contributed by atoms with Gasteiger partial charge in [0.05, 0.1) is 0 Å². The number of rotatable bonds is 3. The molecule has 1 aromatic rings. The van der Waals surface area contributed by atoms with Crippen LogP contribution in [0.25, 0.3) is 0 Å². The molecule has 1 saturated carbocycles. The molecule has 1 fully saturated rings. The third-order valence-electron chi connectivity index (χ3n) is 3.45. The van der Waals surface area contributed by atoms with Crippen LogP contribution < -0.4 is 5.32 Å². The van der Waals surface area contributed by atoms with Crippen molar-refractivity contribution in [1.82, 2.24) is 5.32 Å². The zero-order valence-electron chi connectivity index (χ0n) is 9.39. The van der Waals surface area contributed by atoms with Crippen LogP contribution in [0, 0.1) is 11.7 Å². The lowest BCUT2D eigenvalue weighted by molar-refractivity contribution is 0.155. The van der Waals surface area contributed by atoms with Crippen LogP contribution in [0.2, 0.25) is 0 Å². The summed E-state index contributed by atoms with van der Waals surface area (Å²) in [5.74, 6) is 0.647. The minimum Gasteiger partial charge on any atom is -0.319 e. The molecule has 82 valence electrons. The summed E-state index contributed by atoms with van der Waals surface area (Å²) < 4.78 is 12.8. The van der Waals surface area contributed by atoms with Gasteiger partial charge in [-0.1, -0.05) is 19.1 Å². The van der Waals surface area contributed by atoms with Crippen molar-refractivity contribution in [2.45, 2.75) is 25.2 Å². The zero-order chi connectivity index (χ0) is 10.9. The molecule has 0 aromatic heterocycles. The standard InChI is InChI=1S/C13H18FN/c1-10-7-13(8-10,9-15-2)11-3-5-12(14)6-4-11/h3-6,10,15H,7-9H2,1-2H3. The van der Waals surface area contributed by atoms with Crippen molar-refractivity contribution in [3.8, 4) is 0 Å². The van der Waals surface area contributed by atoms with Crippen molar-refractivity contribution in [3.63, 3.8) is 0 Å². The first-order valence-corrected chi connectivity index (χ1v) is 5.57. The smallest absolute Gasteiger partial charge is 0.123 e. The van der Waals surface area contributed by atoms with E-state index < -0.39 is 0 Å². The average molecular weight is 207 g/mol. The Bertz CT molecular complexity index is 319. The van der Waals surface area contributed by atoms with Gasteiger partial charge in [-0.05, 0) is 43.5 Å². The van der Waals surface area contributed by atoms with Crippen LogP contribution in [0.3, 0.4) is 0 Å². The highest BCUT2D eigenvalue weighted by atomic mass is 19.1. The minimum absolute atomic E-state index is 0.147.